The topological polar surface area (TPSA) is 89.3 Å². The normalized spacial score (nSPS) is 23.0. The lowest BCUT2D eigenvalue weighted by Crippen LogP contribution is -2.49. The Labute approximate surface area is 161 Å². The number of methoxy groups -OCH3 is 2. The fourth-order valence-electron chi connectivity index (χ4n) is 3.23. The van der Waals surface area contributed by atoms with Crippen LogP contribution < -0.4 is 15.9 Å². The van der Waals surface area contributed by atoms with Crippen molar-refractivity contribution < 1.29 is 19.1 Å². The van der Waals surface area contributed by atoms with Crippen LogP contribution in [-0.4, -0.2) is 62.2 Å². The number of carbonyl (C=O) groups is 1. The molecule has 8 heteroatoms. The van der Waals surface area contributed by atoms with Gasteiger partial charge in [0.15, 0.2) is 0 Å². The van der Waals surface area contributed by atoms with Gasteiger partial charge >= 0.3 is 0 Å². The third kappa shape index (κ3) is 5.18. The molecule has 152 valence electrons. The fraction of sp³-hybridized carbons (Fsp3) is 0.632. The van der Waals surface area contributed by atoms with Crippen LogP contribution in [0, 0.1) is 0 Å². The Morgan fingerprint density at radius 2 is 2.00 bits per heavy atom. The van der Waals surface area contributed by atoms with Gasteiger partial charge in [0.05, 0.1) is 13.2 Å². The van der Waals surface area contributed by atoms with Crippen LogP contribution in [0.2, 0.25) is 0 Å². The molecule has 0 aliphatic carbocycles. The maximum Gasteiger partial charge on any atom is 0.282 e. The Bertz CT molecular complexity index is 594. The van der Waals surface area contributed by atoms with E-state index in [0.29, 0.717) is 13.0 Å². The lowest BCUT2D eigenvalue weighted by molar-refractivity contribution is -0.285. The van der Waals surface area contributed by atoms with Gasteiger partial charge in [-0.3, -0.25) is 4.79 Å². The van der Waals surface area contributed by atoms with Crippen LogP contribution in [0.3, 0.4) is 0 Å². The van der Waals surface area contributed by atoms with Gasteiger partial charge in [0.2, 0.25) is 0 Å². The predicted molar refractivity (Wildman–Crippen MR) is 103 cm³/mol. The number of benzene rings is 1. The summed E-state index contributed by atoms with van der Waals surface area (Å²) in [5, 5.41) is 4.11. The molecule has 1 amide bonds. The molecule has 1 saturated heterocycles. The first-order valence-electron chi connectivity index (χ1n) is 9.42. The highest BCUT2D eigenvalue weighted by atomic mass is 16.8. The van der Waals surface area contributed by atoms with Crippen molar-refractivity contribution in [3.05, 3.63) is 29.8 Å². The number of hydrazine groups is 1. The smallest absolute Gasteiger partial charge is 0.282 e. The van der Waals surface area contributed by atoms with Crippen LogP contribution in [-0.2, 0) is 14.4 Å². The lowest BCUT2D eigenvalue weighted by atomic mass is 9.99. The van der Waals surface area contributed by atoms with Crippen LogP contribution in [0.5, 0.6) is 5.75 Å². The second kappa shape index (κ2) is 10.0. The molecule has 0 radical (unpaired) electrons. The Balaban J connectivity index is 1.96. The molecular formula is C19H32N4O4. The van der Waals surface area contributed by atoms with Gasteiger partial charge in [-0.25, -0.2) is 10.7 Å². The van der Waals surface area contributed by atoms with Crippen molar-refractivity contribution in [3.8, 4) is 5.75 Å². The molecule has 8 nitrogen and oxygen atoms in total. The first-order valence-corrected chi connectivity index (χ1v) is 9.42. The van der Waals surface area contributed by atoms with E-state index in [9.17, 15) is 4.79 Å². The molecule has 3 N–H and O–H groups in total. The second-order valence-electron chi connectivity index (χ2n) is 6.54. The van der Waals surface area contributed by atoms with Gasteiger partial charge in [0, 0.05) is 20.1 Å². The third-order valence-corrected chi connectivity index (χ3v) is 5.03. The van der Waals surface area contributed by atoms with E-state index >= 15 is 0 Å². The average molecular weight is 380 g/mol. The van der Waals surface area contributed by atoms with Gasteiger partial charge in [-0.1, -0.05) is 26.0 Å². The molecular weight excluding hydrogens is 348 g/mol. The maximum absolute atomic E-state index is 12.7. The zero-order chi connectivity index (χ0) is 19.9. The third-order valence-electron chi connectivity index (χ3n) is 5.03. The summed E-state index contributed by atoms with van der Waals surface area (Å²) in [4.78, 5) is 20.7. The van der Waals surface area contributed by atoms with E-state index in [4.69, 9.17) is 20.2 Å². The van der Waals surface area contributed by atoms with Crippen LogP contribution >= 0.6 is 0 Å². The molecule has 1 aliphatic heterocycles. The van der Waals surface area contributed by atoms with E-state index in [1.54, 1.807) is 7.11 Å². The summed E-state index contributed by atoms with van der Waals surface area (Å²) in [7, 11) is 3.07. The highest BCUT2D eigenvalue weighted by Gasteiger charge is 2.51. The van der Waals surface area contributed by atoms with E-state index in [-0.39, 0.29) is 11.9 Å². The maximum atomic E-state index is 12.7. The first-order chi connectivity index (χ1) is 13.0. The van der Waals surface area contributed by atoms with Gasteiger partial charge in [-0.2, -0.15) is 0 Å². The minimum atomic E-state index is -1.42. The van der Waals surface area contributed by atoms with Gasteiger partial charge in [0.1, 0.15) is 5.75 Å². The molecule has 2 rings (SSSR count). The molecule has 0 bridgehead atoms. The molecule has 0 aromatic heterocycles. The zero-order valence-electron chi connectivity index (χ0n) is 16.7. The molecule has 1 aromatic rings. The quantitative estimate of drug-likeness (QED) is 0.469. The van der Waals surface area contributed by atoms with Gasteiger partial charge in [-0.05, 0) is 43.8 Å². The van der Waals surface area contributed by atoms with Crippen LogP contribution in [0.4, 0.5) is 0 Å². The monoisotopic (exact) mass is 380 g/mol. The number of nitrogens with one attached hydrogen (secondary N) is 1. The summed E-state index contributed by atoms with van der Waals surface area (Å²) in [5.41, 5.74) is 0.923. The number of nitrogens with zero attached hydrogens (tertiary/aromatic N) is 2. The number of rotatable bonds is 10. The molecule has 0 unspecified atom stereocenters. The summed E-state index contributed by atoms with van der Waals surface area (Å²) < 4.78 is 10.6. The van der Waals surface area contributed by atoms with E-state index in [1.807, 2.05) is 24.3 Å². The van der Waals surface area contributed by atoms with Gasteiger partial charge in [0.25, 0.3) is 11.7 Å². The van der Waals surface area contributed by atoms with Crippen molar-refractivity contribution in [2.45, 2.75) is 38.5 Å². The van der Waals surface area contributed by atoms with Crippen LogP contribution in [0.15, 0.2) is 24.3 Å². The van der Waals surface area contributed by atoms with Crippen LogP contribution in [0.25, 0.3) is 0 Å². The molecule has 1 aliphatic rings. The summed E-state index contributed by atoms with van der Waals surface area (Å²) >= 11 is 0. The van der Waals surface area contributed by atoms with Crippen LogP contribution in [0.1, 0.15) is 38.3 Å². The van der Waals surface area contributed by atoms with Crippen molar-refractivity contribution in [3.63, 3.8) is 0 Å². The SMILES string of the molecule is CCN(CC)CCCNC(=O)[C@@]1(OC)C[C@H](c2ccc(OC)cc2)N(N)O1. The Morgan fingerprint density at radius 1 is 1.33 bits per heavy atom. The minimum Gasteiger partial charge on any atom is -0.497 e. The number of carbonyl (C=O) groups excluding carboxylic acids is 1. The molecule has 27 heavy (non-hydrogen) atoms. The standard InChI is InChI=1S/C19H32N4O4/c1-5-22(6-2)13-7-12-21-18(24)19(26-4)14-17(23(20)27-19)15-8-10-16(25-3)11-9-15/h8-11,17H,5-7,12-14,20H2,1-4H3,(H,21,24)/t17-,19-/m1/s1. The van der Waals surface area contributed by atoms with Crippen molar-refractivity contribution in [2.24, 2.45) is 5.84 Å². The molecule has 0 spiro atoms. The van der Waals surface area contributed by atoms with Crippen molar-refractivity contribution >= 4 is 5.91 Å². The first kappa shape index (κ1) is 21.6. The Hall–Kier alpha value is -1.71. The largest absolute Gasteiger partial charge is 0.497 e. The summed E-state index contributed by atoms with van der Waals surface area (Å²) in [6.45, 7) is 7.75. The number of amides is 1. The molecule has 0 saturated carbocycles. The van der Waals surface area contributed by atoms with Gasteiger partial charge < -0.3 is 19.7 Å². The summed E-state index contributed by atoms with van der Waals surface area (Å²) in [5.74, 6) is 5.04. The number of hydrogen-bond acceptors (Lipinski definition) is 7. The molecule has 1 heterocycles. The average Bonchev–Trinajstić information content (AvgIpc) is 3.06. The van der Waals surface area contributed by atoms with Crippen molar-refractivity contribution in [1.29, 1.82) is 0 Å². The van der Waals surface area contributed by atoms with E-state index < -0.39 is 5.79 Å². The number of hydrogen-bond donors (Lipinski definition) is 2. The highest BCUT2D eigenvalue weighted by Crippen LogP contribution is 2.39. The van der Waals surface area contributed by atoms with E-state index in [0.717, 1.165) is 37.4 Å². The summed E-state index contributed by atoms with van der Waals surface area (Å²) in [6, 6.07) is 7.21. The molecule has 2 atom stereocenters. The van der Waals surface area contributed by atoms with Crippen molar-refractivity contribution in [1.82, 2.24) is 15.4 Å². The second-order valence-corrected chi connectivity index (χ2v) is 6.54. The summed E-state index contributed by atoms with van der Waals surface area (Å²) in [6.07, 6.45) is 1.16. The minimum absolute atomic E-state index is 0.294. The van der Waals surface area contributed by atoms with E-state index in [2.05, 4.69) is 24.1 Å². The highest BCUT2D eigenvalue weighted by molar-refractivity contribution is 5.84. The molecule has 1 fully saturated rings. The number of ether oxygens (including phenoxy) is 2. The molecule has 1 aromatic carbocycles. The predicted octanol–water partition coefficient (Wildman–Crippen LogP) is 1.44. The number of hydroxylamine groups is 1. The fourth-order valence-corrected chi connectivity index (χ4v) is 3.23. The van der Waals surface area contributed by atoms with E-state index in [1.165, 1.54) is 12.3 Å². The Kier molecular flexibility index (Phi) is 8.00. The van der Waals surface area contributed by atoms with Crippen molar-refractivity contribution in [2.75, 3.05) is 40.4 Å². The lowest BCUT2D eigenvalue weighted by Gasteiger charge is -2.25. The van der Waals surface area contributed by atoms with Gasteiger partial charge in [-0.15, -0.1) is 5.17 Å². The Morgan fingerprint density at radius 3 is 2.56 bits per heavy atom. The zero-order valence-corrected chi connectivity index (χ0v) is 16.7. The number of nitrogens with two attached hydrogens (primary N) is 1.